The molecule has 0 aromatic heterocycles. The van der Waals surface area contributed by atoms with E-state index in [1.54, 1.807) is 0 Å². The molecule has 76 valence electrons. The Labute approximate surface area is 85.9 Å². The predicted molar refractivity (Wildman–Crippen MR) is 60.1 cm³/mol. The van der Waals surface area contributed by atoms with Gasteiger partial charge in [-0.3, -0.25) is 0 Å². The molecule has 13 heavy (non-hydrogen) atoms. The maximum absolute atomic E-state index is 5.76. The third-order valence-electron chi connectivity index (χ3n) is 2.70. The number of hydrogen-bond donors (Lipinski definition) is 0. The van der Waals surface area contributed by atoms with Gasteiger partial charge in [-0.05, 0) is 25.3 Å². The minimum Gasteiger partial charge on any atom is -0.496 e. The van der Waals surface area contributed by atoms with Gasteiger partial charge < -0.3 is 4.74 Å². The van der Waals surface area contributed by atoms with Crippen LogP contribution in [-0.2, 0) is 4.74 Å². The summed E-state index contributed by atoms with van der Waals surface area (Å²) in [6, 6.07) is 0. The first-order valence-corrected chi connectivity index (χ1v) is 6.25. The van der Waals surface area contributed by atoms with Crippen LogP contribution in [0.4, 0.5) is 0 Å². The lowest BCUT2D eigenvalue weighted by molar-refractivity contribution is 0.188. The average molecular weight is 200 g/mol. The fraction of sp³-hybridized carbons (Fsp3) is 0.818. The maximum Gasteiger partial charge on any atom is 0.108 e. The normalized spacial score (nSPS) is 24.4. The Morgan fingerprint density at radius 2 is 2.08 bits per heavy atom. The fourth-order valence-electron chi connectivity index (χ4n) is 1.82. The van der Waals surface area contributed by atoms with Crippen LogP contribution in [0.5, 0.6) is 0 Å². The summed E-state index contributed by atoms with van der Waals surface area (Å²) in [7, 11) is 0. The van der Waals surface area contributed by atoms with Crippen molar-refractivity contribution in [3.63, 3.8) is 0 Å². The summed E-state index contributed by atoms with van der Waals surface area (Å²) in [6.07, 6.45) is 5.69. The van der Waals surface area contributed by atoms with Crippen molar-refractivity contribution in [3.8, 4) is 0 Å². The highest BCUT2D eigenvalue weighted by Crippen LogP contribution is 2.42. The molecule has 0 N–H and O–H groups in total. The van der Waals surface area contributed by atoms with E-state index in [4.69, 9.17) is 4.74 Å². The Hall–Kier alpha value is -0.110. The molecule has 0 saturated carbocycles. The zero-order valence-corrected chi connectivity index (χ0v) is 9.75. The van der Waals surface area contributed by atoms with Gasteiger partial charge in [0.05, 0.1) is 11.4 Å². The van der Waals surface area contributed by atoms with Crippen molar-refractivity contribution in [1.82, 2.24) is 0 Å². The van der Waals surface area contributed by atoms with E-state index >= 15 is 0 Å². The third-order valence-corrected chi connectivity index (χ3v) is 4.40. The second-order valence-corrected chi connectivity index (χ2v) is 4.85. The zero-order valence-electron chi connectivity index (χ0n) is 8.93. The molecule has 0 spiro atoms. The van der Waals surface area contributed by atoms with E-state index in [2.05, 4.69) is 38.6 Å². The molecule has 2 heteroatoms. The van der Waals surface area contributed by atoms with Gasteiger partial charge in [0.1, 0.15) is 5.76 Å². The van der Waals surface area contributed by atoms with Crippen LogP contribution in [-0.4, -0.2) is 17.1 Å². The van der Waals surface area contributed by atoms with E-state index in [0.29, 0.717) is 0 Å². The lowest BCUT2D eigenvalue weighted by atomic mass is 9.98. The number of rotatable bonds is 3. The van der Waals surface area contributed by atoms with Crippen LogP contribution < -0.4 is 0 Å². The molecular weight excluding hydrogens is 180 g/mol. The smallest absolute Gasteiger partial charge is 0.108 e. The van der Waals surface area contributed by atoms with Gasteiger partial charge in [-0.2, -0.15) is 0 Å². The second kappa shape index (κ2) is 4.94. The summed E-state index contributed by atoms with van der Waals surface area (Å²) in [5.41, 5.74) is 0. The monoisotopic (exact) mass is 200 g/mol. The van der Waals surface area contributed by atoms with E-state index in [-0.39, 0.29) is 4.75 Å². The molecule has 0 aliphatic carbocycles. The molecule has 0 amide bonds. The third kappa shape index (κ3) is 2.22. The summed E-state index contributed by atoms with van der Waals surface area (Å²) in [5, 5.41) is 0. The molecule has 1 saturated heterocycles. The summed E-state index contributed by atoms with van der Waals surface area (Å²) >= 11 is 2.07. The fourth-order valence-corrected chi connectivity index (χ4v) is 3.07. The van der Waals surface area contributed by atoms with Gasteiger partial charge >= 0.3 is 0 Å². The highest BCUT2D eigenvalue weighted by Gasteiger charge is 2.35. The zero-order chi connectivity index (χ0) is 9.73. The van der Waals surface area contributed by atoms with Crippen molar-refractivity contribution in [2.45, 2.75) is 44.8 Å². The highest BCUT2D eigenvalue weighted by atomic mass is 32.2. The summed E-state index contributed by atoms with van der Waals surface area (Å²) in [4.78, 5) is 0. The van der Waals surface area contributed by atoms with Gasteiger partial charge in [-0.1, -0.05) is 20.8 Å². The van der Waals surface area contributed by atoms with Crippen LogP contribution in [0.2, 0.25) is 0 Å². The van der Waals surface area contributed by atoms with Gasteiger partial charge in [0.15, 0.2) is 0 Å². The number of thioether (sulfide) groups is 1. The Balaban J connectivity index is 2.81. The molecular formula is C11H20OS. The molecule has 1 nitrogen and oxygen atoms in total. The predicted octanol–water partition coefficient (Wildman–Crippen LogP) is 3.60. The molecule has 0 atom stereocenters. The average Bonchev–Trinajstić information content (AvgIpc) is 2.20. The van der Waals surface area contributed by atoms with Crippen LogP contribution in [0, 0.1) is 0 Å². The van der Waals surface area contributed by atoms with E-state index in [1.807, 2.05) is 0 Å². The maximum atomic E-state index is 5.76. The lowest BCUT2D eigenvalue weighted by Crippen LogP contribution is -2.32. The topological polar surface area (TPSA) is 9.23 Å². The van der Waals surface area contributed by atoms with Gasteiger partial charge in [0, 0.05) is 5.75 Å². The summed E-state index contributed by atoms with van der Waals surface area (Å²) in [5.74, 6) is 2.37. The SMILES string of the molecule is CC/C=C1\OCCSC1(CC)CC. The van der Waals surface area contributed by atoms with E-state index in [9.17, 15) is 0 Å². The van der Waals surface area contributed by atoms with Crippen molar-refractivity contribution in [2.24, 2.45) is 0 Å². The van der Waals surface area contributed by atoms with Crippen molar-refractivity contribution in [1.29, 1.82) is 0 Å². The molecule has 0 aromatic rings. The van der Waals surface area contributed by atoms with Crippen LogP contribution in [0.1, 0.15) is 40.0 Å². The number of hydrogen-bond acceptors (Lipinski definition) is 2. The first-order chi connectivity index (χ1) is 6.29. The van der Waals surface area contributed by atoms with Crippen molar-refractivity contribution in [2.75, 3.05) is 12.4 Å². The van der Waals surface area contributed by atoms with E-state index < -0.39 is 0 Å². The largest absolute Gasteiger partial charge is 0.496 e. The van der Waals surface area contributed by atoms with Gasteiger partial charge in [-0.15, -0.1) is 11.8 Å². The number of ether oxygens (including phenoxy) is 1. The molecule has 1 heterocycles. The van der Waals surface area contributed by atoms with Crippen molar-refractivity contribution in [3.05, 3.63) is 11.8 Å². The van der Waals surface area contributed by atoms with Gasteiger partial charge in [0.25, 0.3) is 0 Å². The van der Waals surface area contributed by atoms with Gasteiger partial charge in [0.2, 0.25) is 0 Å². The minimum absolute atomic E-state index is 0.286. The summed E-state index contributed by atoms with van der Waals surface area (Å²) < 4.78 is 6.04. The highest BCUT2D eigenvalue weighted by molar-refractivity contribution is 8.00. The molecule has 1 rings (SSSR count). The van der Waals surface area contributed by atoms with Crippen LogP contribution in [0.25, 0.3) is 0 Å². The molecule has 0 bridgehead atoms. The molecule has 0 radical (unpaired) electrons. The van der Waals surface area contributed by atoms with Crippen LogP contribution >= 0.6 is 11.8 Å². The molecule has 0 aromatic carbocycles. The quantitative estimate of drug-likeness (QED) is 0.688. The van der Waals surface area contributed by atoms with Crippen LogP contribution in [0.3, 0.4) is 0 Å². The van der Waals surface area contributed by atoms with Crippen LogP contribution in [0.15, 0.2) is 11.8 Å². The first kappa shape index (κ1) is 11.0. The Morgan fingerprint density at radius 3 is 2.62 bits per heavy atom. The van der Waals surface area contributed by atoms with Gasteiger partial charge in [-0.25, -0.2) is 0 Å². The Morgan fingerprint density at radius 1 is 1.38 bits per heavy atom. The lowest BCUT2D eigenvalue weighted by Gasteiger charge is -2.37. The van der Waals surface area contributed by atoms with E-state index in [0.717, 1.165) is 18.8 Å². The standard InChI is InChI=1S/C11H20OS/c1-4-7-10-11(5-2,6-3)13-9-8-12-10/h7H,4-6,8-9H2,1-3H3/b10-7-. The molecule has 1 aliphatic rings. The molecule has 1 aliphatic heterocycles. The number of allylic oxidation sites excluding steroid dienone is 1. The Bertz CT molecular complexity index is 183. The van der Waals surface area contributed by atoms with E-state index in [1.165, 1.54) is 18.6 Å². The van der Waals surface area contributed by atoms with Crippen molar-refractivity contribution >= 4 is 11.8 Å². The first-order valence-electron chi connectivity index (χ1n) is 5.26. The summed E-state index contributed by atoms with van der Waals surface area (Å²) in [6.45, 7) is 7.58. The Kier molecular flexibility index (Phi) is 4.17. The minimum atomic E-state index is 0.286. The molecule has 0 unspecified atom stereocenters. The van der Waals surface area contributed by atoms with Crippen molar-refractivity contribution < 1.29 is 4.74 Å². The second-order valence-electron chi connectivity index (χ2n) is 3.37. The molecule has 1 fully saturated rings.